The van der Waals surface area contributed by atoms with Crippen LogP contribution in [0, 0.1) is 12.8 Å². The Balaban J connectivity index is 1.49. The number of hydrogen-bond donors (Lipinski definition) is 1. The summed E-state index contributed by atoms with van der Waals surface area (Å²) < 4.78 is 3.47. The molecule has 0 bridgehead atoms. The van der Waals surface area contributed by atoms with Gasteiger partial charge in [0.25, 0.3) is 5.56 Å². The van der Waals surface area contributed by atoms with E-state index in [-0.39, 0.29) is 16.7 Å². The zero-order valence-corrected chi connectivity index (χ0v) is 20.3. The molecule has 4 aromatic rings. The topological polar surface area (TPSA) is 81.3 Å². The number of aryl methyl sites for hydroxylation is 1. The Hall–Kier alpha value is -3.13. The van der Waals surface area contributed by atoms with Gasteiger partial charge in [0.2, 0.25) is 11.7 Å². The summed E-state index contributed by atoms with van der Waals surface area (Å²) in [7, 11) is 0. The molecule has 1 fully saturated rings. The largest absolute Gasteiger partial charge is 0.355 e. The highest BCUT2D eigenvalue weighted by atomic mass is 32.2. The Bertz CT molecular complexity index is 1390. The SMILES string of the molecule is Cc1ccc(-n2c(=O)c3ccccc3n3c(SC(C)C(=O)NCC4CCCCC4)nnc23)cc1. The van der Waals surface area contributed by atoms with Crippen LogP contribution in [0.15, 0.2) is 58.5 Å². The van der Waals surface area contributed by atoms with Crippen LogP contribution in [-0.2, 0) is 4.79 Å². The molecule has 0 saturated heterocycles. The van der Waals surface area contributed by atoms with Crippen LogP contribution in [0.1, 0.15) is 44.6 Å². The summed E-state index contributed by atoms with van der Waals surface area (Å²) in [6.07, 6.45) is 6.20. The zero-order valence-electron chi connectivity index (χ0n) is 19.5. The van der Waals surface area contributed by atoms with Crippen LogP contribution >= 0.6 is 11.8 Å². The number of carbonyl (C=O) groups is 1. The van der Waals surface area contributed by atoms with Crippen molar-refractivity contribution in [3.8, 4) is 5.69 Å². The lowest BCUT2D eigenvalue weighted by molar-refractivity contribution is -0.120. The van der Waals surface area contributed by atoms with Crippen molar-refractivity contribution in [1.29, 1.82) is 0 Å². The Kier molecular flexibility index (Phi) is 6.41. The van der Waals surface area contributed by atoms with Gasteiger partial charge in [0.1, 0.15) is 0 Å². The second kappa shape index (κ2) is 9.62. The fraction of sp³-hybridized carbons (Fsp3) is 0.385. The van der Waals surface area contributed by atoms with Gasteiger partial charge in [-0.3, -0.25) is 14.0 Å². The number of thioether (sulfide) groups is 1. The molecule has 1 atom stereocenters. The normalized spacial score (nSPS) is 15.6. The molecule has 2 aromatic carbocycles. The summed E-state index contributed by atoms with van der Waals surface area (Å²) in [4.78, 5) is 26.3. The Morgan fingerprint density at radius 1 is 1.09 bits per heavy atom. The first-order valence-electron chi connectivity index (χ1n) is 11.9. The predicted octanol–water partition coefficient (Wildman–Crippen LogP) is 4.52. The van der Waals surface area contributed by atoms with Crippen LogP contribution in [0.2, 0.25) is 0 Å². The second-order valence-electron chi connectivity index (χ2n) is 9.12. The van der Waals surface area contributed by atoms with E-state index in [1.807, 2.05) is 66.8 Å². The zero-order chi connectivity index (χ0) is 23.7. The number of aromatic nitrogens is 4. The molecule has 1 amide bonds. The number of benzene rings is 2. The molecule has 176 valence electrons. The third kappa shape index (κ3) is 4.34. The highest BCUT2D eigenvalue weighted by Crippen LogP contribution is 2.27. The molecule has 5 rings (SSSR count). The molecule has 2 aromatic heterocycles. The van der Waals surface area contributed by atoms with E-state index in [0.717, 1.165) is 23.3 Å². The maximum Gasteiger partial charge on any atom is 0.267 e. The highest BCUT2D eigenvalue weighted by Gasteiger charge is 2.23. The maximum atomic E-state index is 13.4. The Labute approximate surface area is 202 Å². The summed E-state index contributed by atoms with van der Waals surface area (Å²) in [5, 5.41) is 12.7. The van der Waals surface area contributed by atoms with Crippen LogP contribution in [0.5, 0.6) is 0 Å². The molecule has 1 unspecified atom stereocenters. The van der Waals surface area contributed by atoms with Crippen molar-refractivity contribution in [3.05, 3.63) is 64.4 Å². The first kappa shape index (κ1) is 22.7. The number of carbonyl (C=O) groups excluding carboxylic acids is 1. The molecule has 1 saturated carbocycles. The molecule has 34 heavy (non-hydrogen) atoms. The minimum absolute atomic E-state index is 0.00323. The quantitative estimate of drug-likeness (QED) is 0.415. The summed E-state index contributed by atoms with van der Waals surface area (Å²) in [5.74, 6) is 1.02. The molecule has 0 radical (unpaired) electrons. The maximum absolute atomic E-state index is 13.4. The fourth-order valence-corrected chi connectivity index (χ4v) is 5.55. The van der Waals surface area contributed by atoms with Crippen molar-refractivity contribution in [3.63, 3.8) is 0 Å². The average molecular weight is 476 g/mol. The molecule has 8 heteroatoms. The van der Waals surface area contributed by atoms with Gasteiger partial charge in [0, 0.05) is 6.54 Å². The highest BCUT2D eigenvalue weighted by molar-refractivity contribution is 8.00. The van der Waals surface area contributed by atoms with E-state index in [0.29, 0.717) is 22.2 Å². The number of amides is 1. The van der Waals surface area contributed by atoms with E-state index in [2.05, 4.69) is 15.5 Å². The van der Waals surface area contributed by atoms with Gasteiger partial charge in [0.05, 0.1) is 21.8 Å². The molecule has 0 spiro atoms. The molecular weight excluding hydrogens is 446 g/mol. The second-order valence-corrected chi connectivity index (χ2v) is 10.4. The van der Waals surface area contributed by atoms with E-state index in [4.69, 9.17) is 0 Å². The van der Waals surface area contributed by atoms with E-state index in [1.165, 1.54) is 43.9 Å². The lowest BCUT2D eigenvalue weighted by Crippen LogP contribution is -2.35. The Morgan fingerprint density at radius 3 is 2.59 bits per heavy atom. The van der Waals surface area contributed by atoms with E-state index in [9.17, 15) is 9.59 Å². The molecular formula is C26H29N5O2S. The number of nitrogens with zero attached hydrogens (tertiary/aromatic N) is 4. The average Bonchev–Trinajstić information content (AvgIpc) is 3.27. The summed E-state index contributed by atoms with van der Waals surface area (Å²) in [6, 6.07) is 15.2. The third-order valence-electron chi connectivity index (χ3n) is 6.63. The summed E-state index contributed by atoms with van der Waals surface area (Å²) in [5.41, 5.74) is 2.43. The molecule has 1 N–H and O–H groups in total. The lowest BCUT2D eigenvalue weighted by atomic mass is 9.89. The van der Waals surface area contributed by atoms with Crippen LogP contribution in [0.3, 0.4) is 0 Å². The molecule has 7 nitrogen and oxygen atoms in total. The number of nitrogens with one attached hydrogen (secondary N) is 1. The van der Waals surface area contributed by atoms with Gasteiger partial charge in [-0.15, -0.1) is 10.2 Å². The number of para-hydroxylation sites is 1. The van der Waals surface area contributed by atoms with Gasteiger partial charge in [-0.1, -0.05) is 60.9 Å². The van der Waals surface area contributed by atoms with E-state index >= 15 is 0 Å². The lowest BCUT2D eigenvalue weighted by Gasteiger charge is -2.22. The summed E-state index contributed by atoms with van der Waals surface area (Å²) in [6.45, 7) is 4.63. The first-order valence-corrected chi connectivity index (χ1v) is 12.8. The third-order valence-corrected chi connectivity index (χ3v) is 7.67. The number of hydrogen-bond acceptors (Lipinski definition) is 5. The number of fused-ring (bicyclic) bond motifs is 3. The fourth-order valence-electron chi connectivity index (χ4n) is 4.67. The van der Waals surface area contributed by atoms with Gasteiger partial charge in [-0.05, 0) is 56.9 Å². The molecule has 2 heterocycles. The Morgan fingerprint density at radius 2 is 1.82 bits per heavy atom. The van der Waals surface area contributed by atoms with Crippen molar-refractivity contribution < 1.29 is 4.79 Å². The van der Waals surface area contributed by atoms with Gasteiger partial charge in [0.15, 0.2) is 5.16 Å². The van der Waals surface area contributed by atoms with Gasteiger partial charge < -0.3 is 5.32 Å². The predicted molar refractivity (Wildman–Crippen MR) is 136 cm³/mol. The van der Waals surface area contributed by atoms with Crippen LogP contribution in [-0.4, -0.2) is 36.9 Å². The van der Waals surface area contributed by atoms with Crippen LogP contribution in [0.4, 0.5) is 0 Å². The van der Waals surface area contributed by atoms with Gasteiger partial charge in [-0.25, -0.2) is 4.57 Å². The standard InChI is InChI=1S/C26H29N5O2S/c1-17-12-14-20(15-13-17)30-24(33)21-10-6-7-11-22(21)31-25(30)28-29-26(31)34-18(2)23(32)27-16-19-8-4-3-5-9-19/h6-7,10-15,18-19H,3-5,8-9,16H2,1-2H3,(H,27,32). The molecule has 0 aliphatic heterocycles. The monoisotopic (exact) mass is 475 g/mol. The summed E-state index contributed by atoms with van der Waals surface area (Å²) >= 11 is 1.36. The van der Waals surface area contributed by atoms with Gasteiger partial charge >= 0.3 is 0 Å². The van der Waals surface area contributed by atoms with Crippen LogP contribution in [0.25, 0.3) is 22.4 Å². The number of rotatable bonds is 6. The molecule has 1 aliphatic rings. The smallest absolute Gasteiger partial charge is 0.267 e. The van der Waals surface area contributed by atoms with Crippen molar-refractivity contribution in [2.75, 3.05) is 6.54 Å². The van der Waals surface area contributed by atoms with Crippen molar-refractivity contribution >= 4 is 34.3 Å². The molecule has 1 aliphatic carbocycles. The van der Waals surface area contributed by atoms with Crippen LogP contribution < -0.4 is 10.9 Å². The van der Waals surface area contributed by atoms with E-state index in [1.54, 1.807) is 4.57 Å². The van der Waals surface area contributed by atoms with Gasteiger partial charge in [-0.2, -0.15) is 0 Å². The van der Waals surface area contributed by atoms with Crippen molar-refractivity contribution in [2.24, 2.45) is 5.92 Å². The first-order chi connectivity index (χ1) is 16.5. The minimum Gasteiger partial charge on any atom is -0.355 e. The minimum atomic E-state index is -0.338. The van der Waals surface area contributed by atoms with Crippen molar-refractivity contribution in [1.82, 2.24) is 24.5 Å². The van der Waals surface area contributed by atoms with Crippen molar-refractivity contribution in [2.45, 2.75) is 56.4 Å². The van der Waals surface area contributed by atoms with E-state index < -0.39 is 0 Å².